The summed E-state index contributed by atoms with van der Waals surface area (Å²) in [5.74, 6) is -0.381. The first-order valence-corrected chi connectivity index (χ1v) is 10.8. The van der Waals surface area contributed by atoms with E-state index in [9.17, 15) is 9.59 Å². The molecule has 0 aromatic heterocycles. The third kappa shape index (κ3) is 5.94. The highest BCUT2D eigenvalue weighted by Crippen LogP contribution is 2.27. The van der Waals surface area contributed by atoms with Crippen LogP contribution in [0.15, 0.2) is 23.1 Å². The summed E-state index contributed by atoms with van der Waals surface area (Å²) in [5.41, 5.74) is 0.839. The van der Waals surface area contributed by atoms with E-state index >= 15 is 0 Å². The van der Waals surface area contributed by atoms with E-state index in [0.29, 0.717) is 28.1 Å². The zero-order valence-electron chi connectivity index (χ0n) is 15.9. The van der Waals surface area contributed by atoms with E-state index in [1.807, 2.05) is 0 Å². The second-order valence-corrected chi connectivity index (χ2v) is 8.30. The van der Waals surface area contributed by atoms with E-state index in [-0.39, 0.29) is 23.9 Å². The number of hydrogen-bond acceptors (Lipinski definition) is 6. The van der Waals surface area contributed by atoms with Gasteiger partial charge in [-0.15, -0.1) is 4.33 Å². The maximum atomic E-state index is 12.7. The second-order valence-electron chi connectivity index (χ2n) is 7.55. The monoisotopic (exact) mass is 408 g/mol. The van der Waals surface area contributed by atoms with Crippen molar-refractivity contribution in [1.29, 1.82) is 0 Å². The molecule has 3 rings (SSSR count). The smallest absolute Gasteiger partial charge is 0.252 e. The van der Waals surface area contributed by atoms with Gasteiger partial charge in [-0.2, -0.15) is 0 Å². The summed E-state index contributed by atoms with van der Waals surface area (Å²) < 4.78 is 4.55. The van der Waals surface area contributed by atoms with E-state index in [1.165, 1.54) is 12.8 Å². The van der Waals surface area contributed by atoms with Crippen LogP contribution in [-0.4, -0.2) is 29.2 Å². The van der Waals surface area contributed by atoms with Crippen LogP contribution in [0.5, 0.6) is 0 Å². The van der Waals surface area contributed by atoms with Crippen LogP contribution in [0, 0.1) is 0 Å². The Bertz CT molecular complexity index is 673. The number of nitrogens with one attached hydrogen (secondary N) is 2. The first kappa shape index (κ1) is 21.1. The SMILES string of the molecule is O=C(NC1CCCCC1)c1ccc(C(=O)NC2CCCCC2)c(SOOO)c1. The summed E-state index contributed by atoms with van der Waals surface area (Å²) in [6.07, 6.45) is 10.9. The Morgan fingerprint density at radius 2 is 1.46 bits per heavy atom. The van der Waals surface area contributed by atoms with Crippen molar-refractivity contribution in [3.8, 4) is 0 Å². The summed E-state index contributed by atoms with van der Waals surface area (Å²) in [6.45, 7) is 0. The Labute approximate surface area is 169 Å². The van der Waals surface area contributed by atoms with Crippen LogP contribution in [0.3, 0.4) is 0 Å². The van der Waals surface area contributed by atoms with Gasteiger partial charge in [0.25, 0.3) is 11.8 Å². The van der Waals surface area contributed by atoms with Crippen molar-refractivity contribution in [2.45, 2.75) is 81.2 Å². The highest BCUT2D eigenvalue weighted by molar-refractivity contribution is 7.94. The summed E-state index contributed by atoms with van der Waals surface area (Å²) in [4.78, 5) is 25.7. The molecular formula is C20H28N2O5S. The number of hydrogen-bond donors (Lipinski definition) is 3. The number of carbonyl (C=O) groups excluding carboxylic acids is 2. The van der Waals surface area contributed by atoms with Gasteiger partial charge in [0.2, 0.25) is 0 Å². The van der Waals surface area contributed by atoms with Gasteiger partial charge >= 0.3 is 0 Å². The van der Waals surface area contributed by atoms with E-state index in [0.717, 1.165) is 51.4 Å². The Morgan fingerprint density at radius 3 is 2.04 bits per heavy atom. The second kappa shape index (κ2) is 10.8. The number of benzene rings is 1. The fraction of sp³-hybridized carbons (Fsp3) is 0.600. The molecule has 2 fully saturated rings. The molecule has 7 nitrogen and oxygen atoms in total. The van der Waals surface area contributed by atoms with Crippen molar-refractivity contribution in [1.82, 2.24) is 10.6 Å². The van der Waals surface area contributed by atoms with Gasteiger partial charge in [0.1, 0.15) is 0 Å². The molecule has 0 saturated heterocycles. The van der Waals surface area contributed by atoms with Gasteiger partial charge in [-0.25, -0.2) is 5.26 Å². The number of amides is 2. The van der Waals surface area contributed by atoms with E-state index in [1.54, 1.807) is 18.2 Å². The zero-order chi connectivity index (χ0) is 19.8. The van der Waals surface area contributed by atoms with Crippen molar-refractivity contribution in [2.75, 3.05) is 0 Å². The fourth-order valence-corrected chi connectivity index (χ4v) is 4.53. The highest BCUT2D eigenvalue weighted by Gasteiger charge is 2.22. The molecule has 0 heterocycles. The zero-order valence-corrected chi connectivity index (χ0v) is 16.8. The minimum atomic E-state index is -0.213. The van der Waals surface area contributed by atoms with Gasteiger partial charge in [0.05, 0.1) is 22.5 Å². The lowest BCUT2D eigenvalue weighted by atomic mass is 9.95. The molecule has 0 unspecified atom stereocenters. The lowest BCUT2D eigenvalue weighted by Gasteiger charge is -2.24. The van der Waals surface area contributed by atoms with Gasteiger partial charge in [0.15, 0.2) is 0 Å². The molecule has 0 atom stereocenters. The molecule has 3 N–H and O–H groups in total. The average molecular weight is 409 g/mol. The maximum Gasteiger partial charge on any atom is 0.252 e. The molecule has 8 heteroatoms. The summed E-state index contributed by atoms with van der Waals surface area (Å²) in [7, 11) is 0. The van der Waals surface area contributed by atoms with Crippen molar-refractivity contribution >= 4 is 23.9 Å². The predicted octanol–water partition coefficient (Wildman–Crippen LogP) is 4.24. The Hall–Kier alpha value is -1.61. The fourth-order valence-electron chi connectivity index (χ4n) is 4.00. The molecular weight excluding hydrogens is 380 g/mol. The number of carbonyl (C=O) groups is 2. The van der Waals surface area contributed by atoms with Crippen LogP contribution in [0.25, 0.3) is 0 Å². The van der Waals surface area contributed by atoms with E-state index < -0.39 is 0 Å². The third-order valence-electron chi connectivity index (χ3n) is 5.52. The maximum absolute atomic E-state index is 12.7. The van der Waals surface area contributed by atoms with E-state index in [4.69, 9.17) is 5.26 Å². The molecule has 0 bridgehead atoms. The topological polar surface area (TPSA) is 96.9 Å². The quantitative estimate of drug-likeness (QED) is 0.355. The first-order chi connectivity index (χ1) is 13.7. The Kier molecular flexibility index (Phi) is 8.14. The molecule has 1 aromatic carbocycles. The summed E-state index contributed by atoms with van der Waals surface area (Å²) in [6, 6.07) is 5.24. The summed E-state index contributed by atoms with van der Waals surface area (Å²) in [5, 5.41) is 18.3. The van der Waals surface area contributed by atoms with E-state index in [2.05, 4.69) is 20.0 Å². The minimum absolute atomic E-state index is 0.169. The predicted molar refractivity (Wildman–Crippen MR) is 106 cm³/mol. The number of rotatable bonds is 7. The molecule has 0 radical (unpaired) electrons. The van der Waals surface area contributed by atoms with Crippen LogP contribution in [-0.2, 0) is 9.37 Å². The van der Waals surface area contributed by atoms with Gasteiger partial charge in [-0.1, -0.05) is 43.6 Å². The summed E-state index contributed by atoms with van der Waals surface area (Å²) >= 11 is 0.702. The highest BCUT2D eigenvalue weighted by atomic mass is 32.2. The van der Waals surface area contributed by atoms with Crippen molar-refractivity contribution in [2.24, 2.45) is 0 Å². The molecule has 2 saturated carbocycles. The van der Waals surface area contributed by atoms with Crippen LogP contribution in [0.2, 0.25) is 0 Å². The Morgan fingerprint density at radius 1 is 0.893 bits per heavy atom. The third-order valence-corrected chi connectivity index (χ3v) is 6.17. The molecule has 154 valence electrons. The molecule has 1 aromatic rings. The Balaban J connectivity index is 1.70. The van der Waals surface area contributed by atoms with Gasteiger partial charge < -0.3 is 10.6 Å². The molecule has 28 heavy (non-hydrogen) atoms. The van der Waals surface area contributed by atoms with Gasteiger partial charge in [-0.05, 0) is 43.9 Å². The molecule has 0 aliphatic heterocycles. The molecule has 2 aliphatic carbocycles. The average Bonchev–Trinajstić information content (AvgIpc) is 2.73. The lowest BCUT2D eigenvalue weighted by molar-refractivity contribution is -0.432. The van der Waals surface area contributed by atoms with Gasteiger partial charge in [0, 0.05) is 17.6 Å². The van der Waals surface area contributed by atoms with Crippen molar-refractivity contribution in [3.63, 3.8) is 0 Å². The van der Waals surface area contributed by atoms with Crippen LogP contribution in [0.1, 0.15) is 84.9 Å². The molecule has 0 spiro atoms. The first-order valence-electron chi connectivity index (χ1n) is 10.1. The lowest BCUT2D eigenvalue weighted by Crippen LogP contribution is -2.37. The normalized spacial score (nSPS) is 18.6. The largest absolute Gasteiger partial charge is 0.349 e. The molecule has 2 amide bonds. The van der Waals surface area contributed by atoms with Crippen LogP contribution >= 0.6 is 12.0 Å². The van der Waals surface area contributed by atoms with Crippen molar-refractivity contribution < 1.29 is 24.2 Å². The van der Waals surface area contributed by atoms with Crippen molar-refractivity contribution in [3.05, 3.63) is 29.3 Å². The van der Waals surface area contributed by atoms with Crippen LogP contribution < -0.4 is 10.6 Å². The van der Waals surface area contributed by atoms with Crippen LogP contribution in [0.4, 0.5) is 0 Å². The molecule has 2 aliphatic rings. The minimum Gasteiger partial charge on any atom is -0.349 e. The van der Waals surface area contributed by atoms with Gasteiger partial charge in [-0.3, -0.25) is 9.59 Å². The standard InChI is InChI=1S/C20H28N2O5S/c23-19(21-15-7-3-1-4-8-15)14-11-12-17(18(13-14)28-27-26-25)20(24)22-16-9-5-2-6-10-16/h11-13,15-16,25H,1-10H2,(H,21,23)(H,22,24).